The standard InChI is InChI=1S/C22H28NO2.HI/c1-16(2)12-20-19-14-22(25-15-17-8-6-5-7-9-17)21(24-4)13-18(19)10-11-23(20)3;/h5-9,13-14,16H,10-12,15H2,1-4H3;1H/q+1;/p-1. The first kappa shape index (κ1) is 20.7. The normalized spacial score (nSPS) is 13.3. The van der Waals surface area contributed by atoms with Gasteiger partial charge in [-0.1, -0.05) is 44.2 Å². The van der Waals surface area contributed by atoms with Crippen molar-refractivity contribution in [2.45, 2.75) is 33.3 Å². The molecule has 2 aromatic carbocycles. The Balaban J connectivity index is 0.00000243. The molecule has 0 fully saturated rings. The fraction of sp³-hybridized carbons (Fsp3) is 0.409. The van der Waals surface area contributed by atoms with Gasteiger partial charge in [-0.2, -0.15) is 0 Å². The molecule has 0 radical (unpaired) electrons. The third kappa shape index (κ3) is 4.78. The molecule has 1 aliphatic heterocycles. The van der Waals surface area contributed by atoms with Gasteiger partial charge in [0, 0.05) is 18.4 Å². The Morgan fingerprint density at radius 1 is 1.08 bits per heavy atom. The average molecular weight is 465 g/mol. The van der Waals surface area contributed by atoms with Crippen LogP contribution in [0.2, 0.25) is 0 Å². The number of likely N-dealkylation sites (N-methyl/N-ethyl adjacent to an activating group) is 1. The number of benzene rings is 2. The van der Waals surface area contributed by atoms with Crippen molar-refractivity contribution in [1.29, 1.82) is 0 Å². The Morgan fingerprint density at radius 3 is 2.46 bits per heavy atom. The molecule has 0 amide bonds. The fourth-order valence-electron chi connectivity index (χ4n) is 3.37. The Hall–Kier alpha value is -1.56. The molecule has 3 rings (SSSR count). The molecule has 0 bridgehead atoms. The van der Waals surface area contributed by atoms with Crippen LogP contribution in [-0.4, -0.2) is 31.0 Å². The van der Waals surface area contributed by atoms with Gasteiger partial charge in [0.25, 0.3) is 0 Å². The Labute approximate surface area is 174 Å². The van der Waals surface area contributed by atoms with E-state index in [4.69, 9.17) is 9.47 Å². The second-order valence-electron chi connectivity index (χ2n) is 7.15. The highest BCUT2D eigenvalue weighted by molar-refractivity contribution is 5.99. The number of hydrogen-bond donors (Lipinski definition) is 0. The van der Waals surface area contributed by atoms with Gasteiger partial charge in [0.15, 0.2) is 17.2 Å². The number of halogens is 1. The smallest absolute Gasteiger partial charge is 0.183 e. The largest absolute Gasteiger partial charge is 1.00 e. The second-order valence-corrected chi connectivity index (χ2v) is 7.15. The molecule has 0 aromatic heterocycles. The molecule has 0 atom stereocenters. The molecule has 1 heterocycles. The number of ether oxygens (including phenoxy) is 2. The van der Waals surface area contributed by atoms with E-state index in [1.807, 2.05) is 18.2 Å². The zero-order valence-corrected chi connectivity index (χ0v) is 18.2. The van der Waals surface area contributed by atoms with Crippen molar-refractivity contribution < 1.29 is 38.0 Å². The monoisotopic (exact) mass is 465 g/mol. The molecule has 140 valence electrons. The van der Waals surface area contributed by atoms with Gasteiger partial charge in [-0.3, -0.25) is 0 Å². The van der Waals surface area contributed by atoms with Gasteiger partial charge < -0.3 is 33.5 Å². The summed E-state index contributed by atoms with van der Waals surface area (Å²) in [5.41, 5.74) is 5.23. The van der Waals surface area contributed by atoms with E-state index in [1.165, 1.54) is 16.8 Å². The van der Waals surface area contributed by atoms with Crippen molar-refractivity contribution in [3.63, 3.8) is 0 Å². The van der Waals surface area contributed by atoms with Gasteiger partial charge in [0.1, 0.15) is 20.2 Å². The first-order valence-electron chi connectivity index (χ1n) is 9.03. The van der Waals surface area contributed by atoms with Gasteiger partial charge in [-0.15, -0.1) is 0 Å². The summed E-state index contributed by atoms with van der Waals surface area (Å²) in [6.45, 7) is 6.14. The summed E-state index contributed by atoms with van der Waals surface area (Å²) in [5.74, 6) is 2.27. The zero-order chi connectivity index (χ0) is 17.8. The van der Waals surface area contributed by atoms with E-state index < -0.39 is 0 Å². The molecule has 0 saturated carbocycles. The molecule has 1 aliphatic rings. The second kappa shape index (κ2) is 9.40. The minimum absolute atomic E-state index is 0. The van der Waals surface area contributed by atoms with Crippen LogP contribution in [-0.2, 0) is 13.0 Å². The van der Waals surface area contributed by atoms with E-state index in [0.717, 1.165) is 36.4 Å². The summed E-state index contributed by atoms with van der Waals surface area (Å²) >= 11 is 0. The van der Waals surface area contributed by atoms with Crippen LogP contribution in [0, 0.1) is 5.92 Å². The quantitative estimate of drug-likeness (QED) is 0.474. The van der Waals surface area contributed by atoms with Crippen molar-refractivity contribution >= 4 is 5.71 Å². The first-order chi connectivity index (χ1) is 12.1. The van der Waals surface area contributed by atoms with Gasteiger partial charge in [0.05, 0.1) is 7.11 Å². The van der Waals surface area contributed by atoms with Gasteiger partial charge in [0.2, 0.25) is 0 Å². The third-order valence-electron chi connectivity index (χ3n) is 4.72. The van der Waals surface area contributed by atoms with Crippen LogP contribution < -0.4 is 33.5 Å². The number of fused-ring (bicyclic) bond motifs is 1. The van der Waals surface area contributed by atoms with Crippen molar-refractivity contribution in [2.75, 3.05) is 20.7 Å². The Kier molecular flexibility index (Phi) is 7.50. The molecule has 4 heteroatoms. The van der Waals surface area contributed by atoms with E-state index in [0.29, 0.717) is 12.5 Å². The molecule has 26 heavy (non-hydrogen) atoms. The topological polar surface area (TPSA) is 21.5 Å². The summed E-state index contributed by atoms with van der Waals surface area (Å²) in [6, 6.07) is 14.6. The minimum atomic E-state index is 0. The van der Waals surface area contributed by atoms with Crippen molar-refractivity contribution in [3.8, 4) is 11.5 Å². The summed E-state index contributed by atoms with van der Waals surface area (Å²) in [7, 11) is 3.90. The molecule has 3 nitrogen and oxygen atoms in total. The number of nitrogens with zero attached hydrogens (tertiary/aromatic N) is 1. The van der Waals surface area contributed by atoms with Crippen molar-refractivity contribution in [2.24, 2.45) is 5.92 Å². The third-order valence-corrected chi connectivity index (χ3v) is 4.72. The van der Waals surface area contributed by atoms with Gasteiger partial charge >= 0.3 is 0 Å². The predicted octanol–water partition coefficient (Wildman–Crippen LogP) is 1.31. The van der Waals surface area contributed by atoms with Crippen LogP contribution in [0.3, 0.4) is 0 Å². The minimum Gasteiger partial charge on any atom is -1.00 e. The van der Waals surface area contributed by atoms with Crippen LogP contribution in [0.25, 0.3) is 0 Å². The SMILES string of the molecule is COc1cc2c(cc1OCc1ccccc1)C(CC(C)C)=[N+](C)CC2.[I-]. The lowest BCUT2D eigenvalue weighted by atomic mass is 9.91. The average Bonchev–Trinajstić information content (AvgIpc) is 2.62. The lowest BCUT2D eigenvalue weighted by Crippen LogP contribution is -3.00. The molecule has 0 spiro atoms. The van der Waals surface area contributed by atoms with Crippen molar-refractivity contribution in [3.05, 3.63) is 59.2 Å². The predicted molar refractivity (Wildman–Crippen MR) is 102 cm³/mol. The Bertz CT molecular complexity index is 769. The highest BCUT2D eigenvalue weighted by Gasteiger charge is 2.26. The van der Waals surface area contributed by atoms with E-state index in [9.17, 15) is 0 Å². The van der Waals surface area contributed by atoms with Crippen molar-refractivity contribution in [1.82, 2.24) is 0 Å². The zero-order valence-electron chi connectivity index (χ0n) is 16.1. The maximum atomic E-state index is 6.11. The summed E-state index contributed by atoms with van der Waals surface area (Å²) in [4.78, 5) is 0. The van der Waals surface area contributed by atoms with Crippen LogP contribution in [0.1, 0.15) is 37.0 Å². The van der Waals surface area contributed by atoms with Crippen LogP contribution in [0.4, 0.5) is 0 Å². The maximum absolute atomic E-state index is 6.11. The van der Waals surface area contributed by atoms with Gasteiger partial charge in [-0.05, 0) is 29.2 Å². The summed E-state index contributed by atoms with van der Waals surface area (Å²) in [5, 5.41) is 0. The molecule has 0 saturated heterocycles. The number of rotatable bonds is 6. The lowest BCUT2D eigenvalue weighted by Gasteiger charge is -2.20. The van der Waals surface area contributed by atoms with Crippen LogP contribution >= 0.6 is 0 Å². The van der Waals surface area contributed by atoms with E-state index >= 15 is 0 Å². The van der Waals surface area contributed by atoms with Gasteiger partial charge in [-0.25, -0.2) is 4.58 Å². The maximum Gasteiger partial charge on any atom is 0.183 e. The molecule has 2 aromatic rings. The molecule has 0 aliphatic carbocycles. The molecular formula is C22H28INO2. The van der Waals surface area contributed by atoms with Crippen LogP contribution in [0.15, 0.2) is 42.5 Å². The number of hydrogen-bond acceptors (Lipinski definition) is 2. The fourth-order valence-corrected chi connectivity index (χ4v) is 3.37. The van der Waals surface area contributed by atoms with Crippen LogP contribution in [0.5, 0.6) is 11.5 Å². The number of methoxy groups -OCH3 is 1. The van der Waals surface area contributed by atoms with E-state index in [2.05, 4.69) is 49.7 Å². The molecule has 0 N–H and O–H groups in total. The molecular weight excluding hydrogens is 437 g/mol. The van der Waals surface area contributed by atoms with E-state index in [-0.39, 0.29) is 24.0 Å². The molecule has 0 unspecified atom stereocenters. The summed E-state index contributed by atoms with van der Waals surface area (Å²) < 4.78 is 14.1. The highest BCUT2D eigenvalue weighted by Crippen LogP contribution is 2.34. The lowest BCUT2D eigenvalue weighted by molar-refractivity contribution is -0.499. The van der Waals surface area contributed by atoms with E-state index in [1.54, 1.807) is 7.11 Å². The highest BCUT2D eigenvalue weighted by atomic mass is 127. The Morgan fingerprint density at radius 2 is 1.81 bits per heavy atom. The summed E-state index contributed by atoms with van der Waals surface area (Å²) in [6.07, 6.45) is 2.12. The first-order valence-corrected chi connectivity index (χ1v) is 9.03.